The highest BCUT2D eigenvalue weighted by atomic mass is 19.1. The maximum atomic E-state index is 13.9. The van der Waals surface area contributed by atoms with Gasteiger partial charge in [0.1, 0.15) is 17.5 Å². The van der Waals surface area contributed by atoms with Crippen LogP contribution in [0.25, 0.3) is 0 Å². The van der Waals surface area contributed by atoms with Gasteiger partial charge in [0.2, 0.25) is 0 Å². The number of aliphatic imine (C=N–C) groups is 1. The molecular formula is C21H27F2N5. The standard InChI is InChI=1S/C21H27F2N5/c1-15(18-7-6-16(22)13-19(18)23)14-26-21(24-2)27-17-8-11-28(12-9-17)20-5-3-4-10-25-20/h3-7,10,13,15,17H,8-9,11-12,14H2,1-2H3,(H2,24,26,27). The number of anilines is 1. The Balaban J connectivity index is 1.47. The van der Waals surface area contributed by atoms with Crippen molar-refractivity contribution in [2.45, 2.75) is 31.7 Å². The van der Waals surface area contributed by atoms with Gasteiger partial charge >= 0.3 is 0 Å². The van der Waals surface area contributed by atoms with E-state index in [-0.39, 0.29) is 5.92 Å². The zero-order chi connectivity index (χ0) is 19.9. The lowest BCUT2D eigenvalue weighted by Gasteiger charge is -2.34. The number of nitrogens with one attached hydrogen (secondary N) is 2. The predicted molar refractivity (Wildman–Crippen MR) is 109 cm³/mol. The minimum Gasteiger partial charge on any atom is -0.356 e. The van der Waals surface area contributed by atoms with Gasteiger partial charge in [0.25, 0.3) is 0 Å². The first kappa shape index (κ1) is 20.0. The van der Waals surface area contributed by atoms with Crippen molar-refractivity contribution in [2.24, 2.45) is 4.99 Å². The van der Waals surface area contributed by atoms with E-state index in [1.54, 1.807) is 7.05 Å². The van der Waals surface area contributed by atoms with Crippen LogP contribution < -0.4 is 15.5 Å². The maximum Gasteiger partial charge on any atom is 0.191 e. The zero-order valence-electron chi connectivity index (χ0n) is 16.3. The molecule has 0 bridgehead atoms. The second kappa shape index (κ2) is 9.48. The first-order valence-corrected chi connectivity index (χ1v) is 9.65. The van der Waals surface area contributed by atoms with Crippen molar-refractivity contribution in [1.82, 2.24) is 15.6 Å². The molecule has 28 heavy (non-hydrogen) atoms. The van der Waals surface area contributed by atoms with Gasteiger partial charge in [-0.2, -0.15) is 0 Å². The van der Waals surface area contributed by atoms with Crippen LogP contribution in [0, 0.1) is 11.6 Å². The smallest absolute Gasteiger partial charge is 0.191 e. The lowest BCUT2D eigenvalue weighted by Crippen LogP contribution is -2.49. The Kier molecular flexibility index (Phi) is 6.79. The highest BCUT2D eigenvalue weighted by Gasteiger charge is 2.21. The molecule has 0 radical (unpaired) electrons. The van der Waals surface area contributed by atoms with Gasteiger partial charge in [-0.1, -0.05) is 19.1 Å². The van der Waals surface area contributed by atoms with Crippen LogP contribution in [0.3, 0.4) is 0 Å². The SMILES string of the molecule is CN=C(NCC(C)c1ccc(F)cc1F)NC1CCN(c2ccccn2)CC1. The van der Waals surface area contributed by atoms with E-state index < -0.39 is 11.6 Å². The molecule has 0 amide bonds. The zero-order valence-corrected chi connectivity index (χ0v) is 16.3. The third kappa shape index (κ3) is 5.18. The average molecular weight is 387 g/mol. The number of rotatable bonds is 5. The molecule has 1 unspecified atom stereocenters. The fraction of sp³-hybridized carbons (Fsp3) is 0.429. The summed E-state index contributed by atoms with van der Waals surface area (Å²) in [6.07, 6.45) is 3.79. The number of aromatic nitrogens is 1. The Labute approximate surface area is 164 Å². The molecule has 5 nitrogen and oxygen atoms in total. The van der Waals surface area contributed by atoms with E-state index in [4.69, 9.17) is 0 Å². The molecule has 1 fully saturated rings. The van der Waals surface area contributed by atoms with Crippen molar-refractivity contribution in [1.29, 1.82) is 0 Å². The number of halogens is 2. The summed E-state index contributed by atoms with van der Waals surface area (Å²) in [5.74, 6) is 0.532. The highest BCUT2D eigenvalue weighted by Crippen LogP contribution is 2.19. The van der Waals surface area contributed by atoms with Gasteiger partial charge in [-0.15, -0.1) is 0 Å². The summed E-state index contributed by atoms with van der Waals surface area (Å²) in [6, 6.07) is 10.00. The second-order valence-corrected chi connectivity index (χ2v) is 7.11. The van der Waals surface area contributed by atoms with Gasteiger partial charge < -0.3 is 15.5 Å². The predicted octanol–water partition coefficient (Wildman–Crippen LogP) is 3.30. The number of pyridine rings is 1. The van der Waals surface area contributed by atoms with Gasteiger partial charge in [0.15, 0.2) is 5.96 Å². The molecular weight excluding hydrogens is 360 g/mol. The fourth-order valence-electron chi connectivity index (χ4n) is 3.44. The van der Waals surface area contributed by atoms with Crippen LogP contribution in [0.5, 0.6) is 0 Å². The normalized spacial score (nSPS) is 16.7. The summed E-state index contributed by atoms with van der Waals surface area (Å²) >= 11 is 0. The largest absolute Gasteiger partial charge is 0.356 e. The molecule has 0 aliphatic carbocycles. The van der Waals surface area contributed by atoms with E-state index in [1.807, 2.05) is 31.3 Å². The van der Waals surface area contributed by atoms with Crippen LogP contribution >= 0.6 is 0 Å². The first-order chi connectivity index (χ1) is 13.6. The van der Waals surface area contributed by atoms with Gasteiger partial charge in [-0.25, -0.2) is 13.8 Å². The number of piperidine rings is 1. The lowest BCUT2D eigenvalue weighted by atomic mass is 10.0. The molecule has 1 saturated heterocycles. The molecule has 1 aliphatic rings. The van der Waals surface area contributed by atoms with Crippen LogP contribution in [-0.4, -0.2) is 43.7 Å². The van der Waals surface area contributed by atoms with Crippen LogP contribution in [0.1, 0.15) is 31.2 Å². The van der Waals surface area contributed by atoms with Crippen molar-refractivity contribution >= 4 is 11.8 Å². The van der Waals surface area contributed by atoms with E-state index in [1.165, 1.54) is 12.1 Å². The van der Waals surface area contributed by atoms with Crippen LogP contribution in [-0.2, 0) is 0 Å². The van der Waals surface area contributed by atoms with Gasteiger partial charge in [0.05, 0.1) is 0 Å². The number of hydrogen-bond donors (Lipinski definition) is 2. The van der Waals surface area contributed by atoms with E-state index in [0.717, 1.165) is 37.8 Å². The van der Waals surface area contributed by atoms with Gasteiger partial charge in [-0.05, 0) is 36.6 Å². The Morgan fingerprint density at radius 2 is 2.04 bits per heavy atom. The van der Waals surface area contributed by atoms with E-state index in [2.05, 4.69) is 25.5 Å². The number of hydrogen-bond acceptors (Lipinski definition) is 3. The van der Waals surface area contributed by atoms with Crippen molar-refractivity contribution in [3.8, 4) is 0 Å². The Morgan fingerprint density at radius 3 is 2.68 bits per heavy atom. The molecule has 2 heterocycles. The quantitative estimate of drug-likeness (QED) is 0.611. The summed E-state index contributed by atoms with van der Waals surface area (Å²) in [7, 11) is 1.72. The summed E-state index contributed by atoms with van der Waals surface area (Å²) in [5.41, 5.74) is 0.494. The maximum absolute atomic E-state index is 13.9. The number of benzene rings is 1. The molecule has 0 spiro atoms. The average Bonchev–Trinajstić information content (AvgIpc) is 2.72. The highest BCUT2D eigenvalue weighted by molar-refractivity contribution is 5.80. The summed E-state index contributed by atoms with van der Waals surface area (Å²) < 4.78 is 27.0. The summed E-state index contributed by atoms with van der Waals surface area (Å²) in [4.78, 5) is 11.0. The topological polar surface area (TPSA) is 52.6 Å². The van der Waals surface area contributed by atoms with E-state index in [0.29, 0.717) is 24.1 Å². The van der Waals surface area contributed by atoms with Crippen LogP contribution in [0.2, 0.25) is 0 Å². The minimum atomic E-state index is -0.559. The molecule has 150 valence electrons. The van der Waals surface area contributed by atoms with E-state index >= 15 is 0 Å². The summed E-state index contributed by atoms with van der Waals surface area (Å²) in [6.45, 7) is 4.28. The third-order valence-electron chi connectivity index (χ3n) is 5.10. The van der Waals surface area contributed by atoms with Crippen LogP contribution in [0.4, 0.5) is 14.6 Å². The van der Waals surface area contributed by atoms with Crippen molar-refractivity contribution in [3.05, 3.63) is 59.8 Å². The molecule has 1 aromatic carbocycles. The molecule has 0 saturated carbocycles. The van der Waals surface area contributed by atoms with Crippen molar-refractivity contribution in [3.63, 3.8) is 0 Å². The minimum absolute atomic E-state index is 0.106. The molecule has 7 heteroatoms. The van der Waals surface area contributed by atoms with Crippen LogP contribution in [0.15, 0.2) is 47.6 Å². The van der Waals surface area contributed by atoms with Gasteiger partial charge in [0, 0.05) is 50.9 Å². The molecule has 1 atom stereocenters. The number of nitrogens with zero attached hydrogens (tertiary/aromatic N) is 3. The summed E-state index contributed by atoms with van der Waals surface area (Å²) in [5, 5.41) is 6.70. The fourth-order valence-corrected chi connectivity index (χ4v) is 3.44. The van der Waals surface area contributed by atoms with Gasteiger partial charge in [-0.3, -0.25) is 4.99 Å². The monoisotopic (exact) mass is 387 g/mol. The number of guanidine groups is 1. The molecule has 1 aliphatic heterocycles. The van der Waals surface area contributed by atoms with Crippen molar-refractivity contribution < 1.29 is 8.78 Å². The molecule has 3 rings (SSSR count). The Morgan fingerprint density at radius 1 is 1.25 bits per heavy atom. The third-order valence-corrected chi connectivity index (χ3v) is 5.10. The molecule has 2 N–H and O–H groups in total. The molecule has 2 aromatic rings. The van der Waals surface area contributed by atoms with Crippen molar-refractivity contribution in [2.75, 3.05) is 31.6 Å². The second-order valence-electron chi connectivity index (χ2n) is 7.11. The Bertz CT molecular complexity index is 789. The Hall–Kier alpha value is -2.70. The lowest BCUT2D eigenvalue weighted by molar-refractivity contribution is 0.458. The molecule has 1 aromatic heterocycles. The van der Waals surface area contributed by atoms with E-state index in [9.17, 15) is 8.78 Å². The first-order valence-electron chi connectivity index (χ1n) is 9.65.